The molecular formula is C22H28N4O2. The van der Waals surface area contributed by atoms with Crippen LogP contribution in [0.1, 0.15) is 30.4 Å². The van der Waals surface area contributed by atoms with Crippen LogP contribution in [-0.2, 0) is 17.9 Å². The summed E-state index contributed by atoms with van der Waals surface area (Å²) in [6, 6.07) is 16.1. The number of anilines is 1. The van der Waals surface area contributed by atoms with Crippen molar-refractivity contribution in [1.82, 2.24) is 10.6 Å². The largest absolute Gasteiger partial charge is 0.496 e. The van der Waals surface area contributed by atoms with Crippen LogP contribution in [0.15, 0.2) is 53.5 Å². The van der Waals surface area contributed by atoms with Crippen LogP contribution < -0.4 is 20.3 Å². The van der Waals surface area contributed by atoms with E-state index in [4.69, 9.17) is 4.74 Å². The molecule has 2 aromatic carbocycles. The van der Waals surface area contributed by atoms with Gasteiger partial charge in [0.1, 0.15) is 5.75 Å². The summed E-state index contributed by atoms with van der Waals surface area (Å²) < 4.78 is 5.38. The number of carbonyl (C=O) groups excluding carboxylic acids is 1. The molecule has 6 nitrogen and oxygen atoms in total. The van der Waals surface area contributed by atoms with E-state index in [1.165, 1.54) is 0 Å². The number of benzene rings is 2. The maximum Gasteiger partial charge on any atom is 0.226 e. The van der Waals surface area contributed by atoms with Crippen LogP contribution in [0.25, 0.3) is 0 Å². The normalized spacial score (nSPS) is 14.7. The Morgan fingerprint density at radius 3 is 2.54 bits per heavy atom. The van der Waals surface area contributed by atoms with E-state index in [0.29, 0.717) is 19.5 Å². The number of hydrogen-bond acceptors (Lipinski definition) is 3. The number of aliphatic imine (C=N–C) groups is 1. The number of rotatable bonds is 6. The Bertz CT molecular complexity index is 818. The lowest BCUT2D eigenvalue weighted by Gasteiger charge is -2.26. The fourth-order valence-corrected chi connectivity index (χ4v) is 3.31. The summed E-state index contributed by atoms with van der Waals surface area (Å²) in [5.41, 5.74) is 3.18. The van der Waals surface area contributed by atoms with Crippen LogP contribution in [-0.4, -0.2) is 32.6 Å². The molecule has 1 aliphatic rings. The van der Waals surface area contributed by atoms with Crippen LogP contribution in [0.3, 0.4) is 0 Å². The number of nitrogens with zero attached hydrogens (tertiary/aromatic N) is 2. The van der Waals surface area contributed by atoms with Gasteiger partial charge in [0.15, 0.2) is 5.96 Å². The molecule has 0 atom stereocenters. The smallest absolute Gasteiger partial charge is 0.226 e. The van der Waals surface area contributed by atoms with Gasteiger partial charge in [-0.2, -0.15) is 0 Å². The lowest BCUT2D eigenvalue weighted by Crippen LogP contribution is -2.36. The molecule has 1 saturated heterocycles. The first-order chi connectivity index (χ1) is 13.7. The van der Waals surface area contributed by atoms with Crippen molar-refractivity contribution in [2.45, 2.75) is 32.4 Å². The van der Waals surface area contributed by atoms with E-state index in [2.05, 4.69) is 27.8 Å². The number of methoxy groups -OCH3 is 1. The second-order valence-corrected chi connectivity index (χ2v) is 6.76. The SMILES string of the molecule is CN=C(NCc1ccc(N2CCCCC2=O)cc1)NCc1ccccc1OC. The van der Waals surface area contributed by atoms with Crippen LogP contribution >= 0.6 is 0 Å². The van der Waals surface area contributed by atoms with Crippen LogP contribution in [0.5, 0.6) is 5.75 Å². The highest BCUT2D eigenvalue weighted by molar-refractivity contribution is 5.93. The molecule has 1 aliphatic heterocycles. The van der Waals surface area contributed by atoms with Gasteiger partial charge >= 0.3 is 0 Å². The number of para-hydroxylation sites is 1. The van der Waals surface area contributed by atoms with Crippen LogP contribution in [0.2, 0.25) is 0 Å². The first-order valence-electron chi connectivity index (χ1n) is 9.67. The number of ether oxygens (including phenoxy) is 1. The summed E-state index contributed by atoms with van der Waals surface area (Å²) in [7, 11) is 3.43. The zero-order chi connectivity index (χ0) is 19.8. The second-order valence-electron chi connectivity index (χ2n) is 6.76. The molecule has 1 fully saturated rings. The second kappa shape index (κ2) is 9.78. The van der Waals surface area contributed by atoms with Gasteiger partial charge in [0.05, 0.1) is 7.11 Å². The van der Waals surface area contributed by atoms with Gasteiger partial charge in [-0.15, -0.1) is 0 Å². The summed E-state index contributed by atoms with van der Waals surface area (Å²) in [6.45, 7) is 2.09. The monoisotopic (exact) mass is 380 g/mol. The average Bonchev–Trinajstić information content (AvgIpc) is 2.75. The predicted molar refractivity (Wildman–Crippen MR) is 113 cm³/mol. The van der Waals surface area contributed by atoms with E-state index >= 15 is 0 Å². The molecule has 0 aromatic heterocycles. The fourth-order valence-electron chi connectivity index (χ4n) is 3.31. The lowest BCUT2D eigenvalue weighted by molar-refractivity contribution is -0.119. The molecular weight excluding hydrogens is 352 g/mol. The highest BCUT2D eigenvalue weighted by Gasteiger charge is 2.19. The summed E-state index contributed by atoms with van der Waals surface area (Å²) in [5, 5.41) is 6.62. The van der Waals surface area contributed by atoms with Gasteiger partial charge in [0.2, 0.25) is 5.91 Å². The fraction of sp³-hybridized carbons (Fsp3) is 0.364. The van der Waals surface area contributed by atoms with Gasteiger partial charge in [-0.3, -0.25) is 9.79 Å². The third-order valence-corrected chi connectivity index (χ3v) is 4.89. The van der Waals surface area contributed by atoms with E-state index in [9.17, 15) is 4.79 Å². The van der Waals surface area contributed by atoms with Crippen molar-refractivity contribution in [2.24, 2.45) is 4.99 Å². The molecule has 1 amide bonds. The number of carbonyl (C=O) groups is 1. The van der Waals surface area contributed by atoms with E-state index in [1.54, 1.807) is 14.2 Å². The molecule has 0 spiro atoms. The van der Waals surface area contributed by atoms with Crippen molar-refractivity contribution in [3.05, 3.63) is 59.7 Å². The summed E-state index contributed by atoms with van der Waals surface area (Å²) in [6.07, 6.45) is 2.72. The van der Waals surface area contributed by atoms with Crippen molar-refractivity contribution in [3.8, 4) is 5.75 Å². The molecule has 6 heteroatoms. The zero-order valence-corrected chi connectivity index (χ0v) is 16.6. The minimum atomic E-state index is 0.220. The number of hydrogen-bond donors (Lipinski definition) is 2. The molecule has 0 unspecified atom stereocenters. The molecule has 3 rings (SSSR count). The number of amides is 1. The Labute approximate surface area is 166 Å². The van der Waals surface area contributed by atoms with Gasteiger partial charge < -0.3 is 20.3 Å². The Morgan fingerprint density at radius 1 is 1.07 bits per heavy atom. The van der Waals surface area contributed by atoms with Gasteiger partial charge in [-0.25, -0.2) is 0 Å². The highest BCUT2D eigenvalue weighted by Crippen LogP contribution is 2.21. The van der Waals surface area contributed by atoms with Gasteiger partial charge in [0, 0.05) is 44.4 Å². The molecule has 2 N–H and O–H groups in total. The molecule has 0 bridgehead atoms. The molecule has 0 aliphatic carbocycles. The van der Waals surface area contributed by atoms with E-state index in [0.717, 1.165) is 47.9 Å². The van der Waals surface area contributed by atoms with Crippen molar-refractivity contribution in [2.75, 3.05) is 25.6 Å². The standard InChI is InChI=1S/C22H28N4O2/c1-23-22(25-16-18-7-3-4-8-20(18)28-2)24-15-17-10-12-19(13-11-17)26-14-6-5-9-21(26)27/h3-4,7-8,10-13H,5-6,9,14-16H2,1-2H3,(H2,23,24,25). The zero-order valence-electron chi connectivity index (χ0n) is 16.6. The van der Waals surface area contributed by atoms with E-state index < -0.39 is 0 Å². The number of guanidine groups is 1. The first-order valence-corrected chi connectivity index (χ1v) is 9.67. The van der Waals surface area contributed by atoms with Gasteiger partial charge in [-0.1, -0.05) is 30.3 Å². The Morgan fingerprint density at radius 2 is 1.82 bits per heavy atom. The van der Waals surface area contributed by atoms with Gasteiger partial charge in [-0.05, 0) is 36.6 Å². The minimum Gasteiger partial charge on any atom is -0.496 e. The Hall–Kier alpha value is -3.02. The Balaban J connectivity index is 1.53. The van der Waals surface area contributed by atoms with Crippen molar-refractivity contribution in [1.29, 1.82) is 0 Å². The topological polar surface area (TPSA) is 66.0 Å². The van der Waals surface area contributed by atoms with Gasteiger partial charge in [0.25, 0.3) is 0 Å². The van der Waals surface area contributed by atoms with E-state index in [-0.39, 0.29) is 5.91 Å². The maximum atomic E-state index is 12.0. The predicted octanol–water partition coefficient (Wildman–Crippen LogP) is 3.08. The number of nitrogens with one attached hydrogen (secondary N) is 2. The Kier molecular flexibility index (Phi) is 6.89. The average molecular weight is 380 g/mol. The van der Waals surface area contributed by atoms with Crippen LogP contribution in [0, 0.1) is 0 Å². The molecule has 0 radical (unpaired) electrons. The summed E-state index contributed by atoms with van der Waals surface area (Å²) in [5.74, 6) is 1.80. The lowest BCUT2D eigenvalue weighted by atomic mass is 10.1. The first kappa shape index (κ1) is 19.7. The molecule has 148 valence electrons. The summed E-state index contributed by atoms with van der Waals surface area (Å²) >= 11 is 0. The van der Waals surface area contributed by atoms with Crippen LogP contribution in [0.4, 0.5) is 5.69 Å². The minimum absolute atomic E-state index is 0.220. The maximum absolute atomic E-state index is 12.0. The van der Waals surface area contributed by atoms with Crippen molar-refractivity contribution >= 4 is 17.6 Å². The quantitative estimate of drug-likeness (QED) is 0.597. The number of piperidine rings is 1. The third-order valence-electron chi connectivity index (χ3n) is 4.89. The van der Waals surface area contributed by atoms with Crippen molar-refractivity contribution in [3.63, 3.8) is 0 Å². The molecule has 2 aromatic rings. The van der Waals surface area contributed by atoms with Crippen molar-refractivity contribution < 1.29 is 9.53 Å². The summed E-state index contributed by atoms with van der Waals surface area (Å²) in [4.78, 5) is 18.2. The highest BCUT2D eigenvalue weighted by atomic mass is 16.5. The van der Waals surface area contributed by atoms with E-state index in [1.807, 2.05) is 41.3 Å². The molecule has 0 saturated carbocycles. The molecule has 1 heterocycles. The molecule has 28 heavy (non-hydrogen) atoms. The third kappa shape index (κ3) is 5.03.